The van der Waals surface area contributed by atoms with E-state index in [2.05, 4.69) is 46.7 Å². The van der Waals surface area contributed by atoms with Crippen LogP contribution in [0.25, 0.3) is 5.52 Å². The number of hydrogen-bond donors (Lipinski definition) is 0. The molecule has 0 spiro atoms. The van der Waals surface area contributed by atoms with E-state index in [4.69, 9.17) is 0 Å². The summed E-state index contributed by atoms with van der Waals surface area (Å²) in [5, 5.41) is 0. The molecule has 0 radical (unpaired) electrons. The second-order valence-corrected chi connectivity index (χ2v) is 2.61. The first-order chi connectivity index (χ1) is 5.40. The van der Waals surface area contributed by atoms with Gasteiger partial charge < -0.3 is 0 Å². The number of nitrogens with zero attached hydrogens (tertiary/aromatic N) is 2. The van der Waals surface area contributed by atoms with Crippen molar-refractivity contribution >= 4 is 5.52 Å². The molecule has 2 heteroatoms. The lowest BCUT2D eigenvalue weighted by Gasteiger charge is -1.80. The Kier molecular flexibility index (Phi) is 1.39. The SMILES string of the molecule is CC[n+]1cc2ccccn2c1. The average molecular weight is 147 g/mol. The fourth-order valence-electron chi connectivity index (χ4n) is 1.22. The van der Waals surface area contributed by atoms with Gasteiger partial charge in [-0.15, -0.1) is 0 Å². The van der Waals surface area contributed by atoms with Gasteiger partial charge in [-0.05, 0) is 19.1 Å². The molecule has 0 amide bonds. The number of pyridine rings is 1. The van der Waals surface area contributed by atoms with Crippen molar-refractivity contribution in [2.75, 3.05) is 0 Å². The van der Waals surface area contributed by atoms with Gasteiger partial charge in [0.05, 0.1) is 12.7 Å². The van der Waals surface area contributed by atoms with Gasteiger partial charge in [0.25, 0.3) is 0 Å². The number of aryl methyl sites for hydroxylation is 1. The van der Waals surface area contributed by atoms with Crippen molar-refractivity contribution in [1.82, 2.24) is 4.40 Å². The molecule has 2 rings (SSSR count). The van der Waals surface area contributed by atoms with E-state index in [1.54, 1.807) is 0 Å². The molecule has 0 atom stereocenters. The van der Waals surface area contributed by atoms with Crippen LogP contribution in [0, 0.1) is 0 Å². The summed E-state index contributed by atoms with van der Waals surface area (Å²) >= 11 is 0. The molecule has 0 N–H and O–H groups in total. The van der Waals surface area contributed by atoms with Crippen molar-refractivity contribution in [3.8, 4) is 0 Å². The van der Waals surface area contributed by atoms with E-state index in [9.17, 15) is 0 Å². The zero-order valence-corrected chi connectivity index (χ0v) is 6.57. The maximum Gasteiger partial charge on any atom is 0.248 e. The van der Waals surface area contributed by atoms with E-state index >= 15 is 0 Å². The molecule has 0 aliphatic carbocycles. The van der Waals surface area contributed by atoms with Crippen LogP contribution in [0.1, 0.15) is 6.92 Å². The summed E-state index contributed by atoms with van der Waals surface area (Å²) in [5.41, 5.74) is 1.24. The predicted octanol–water partition coefficient (Wildman–Crippen LogP) is 1.25. The molecule has 0 fully saturated rings. The molecule has 0 saturated heterocycles. The zero-order chi connectivity index (χ0) is 7.68. The van der Waals surface area contributed by atoms with Crippen LogP contribution in [0.3, 0.4) is 0 Å². The monoisotopic (exact) mass is 147 g/mol. The van der Waals surface area contributed by atoms with Gasteiger partial charge in [0.1, 0.15) is 6.20 Å². The third kappa shape index (κ3) is 1.00. The van der Waals surface area contributed by atoms with Crippen LogP contribution in [0.5, 0.6) is 0 Å². The van der Waals surface area contributed by atoms with Crippen LogP contribution in [0.15, 0.2) is 36.9 Å². The summed E-state index contributed by atoms with van der Waals surface area (Å²) in [5.74, 6) is 0. The predicted molar refractivity (Wildman–Crippen MR) is 43.3 cm³/mol. The smallest absolute Gasteiger partial charge is 0.236 e. The maximum atomic E-state index is 2.16. The quantitative estimate of drug-likeness (QED) is 0.536. The van der Waals surface area contributed by atoms with E-state index in [1.807, 2.05) is 6.07 Å². The maximum absolute atomic E-state index is 2.16. The highest BCUT2D eigenvalue weighted by molar-refractivity contribution is 5.41. The van der Waals surface area contributed by atoms with Gasteiger partial charge in [-0.1, -0.05) is 6.07 Å². The second kappa shape index (κ2) is 2.38. The van der Waals surface area contributed by atoms with E-state index in [0.29, 0.717) is 0 Å². The van der Waals surface area contributed by atoms with Crippen molar-refractivity contribution in [3.05, 3.63) is 36.9 Å². The molecule has 2 nitrogen and oxygen atoms in total. The van der Waals surface area contributed by atoms with Crippen molar-refractivity contribution in [1.29, 1.82) is 0 Å². The van der Waals surface area contributed by atoms with Crippen molar-refractivity contribution < 1.29 is 4.57 Å². The Balaban J connectivity index is 2.69. The summed E-state index contributed by atoms with van der Waals surface area (Å²) in [4.78, 5) is 0. The molecule has 0 aliphatic rings. The number of aromatic nitrogens is 2. The van der Waals surface area contributed by atoms with Crippen LogP contribution >= 0.6 is 0 Å². The Morgan fingerprint density at radius 2 is 2.36 bits per heavy atom. The lowest BCUT2D eigenvalue weighted by Crippen LogP contribution is -2.28. The largest absolute Gasteiger partial charge is 0.248 e. The molecular weight excluding hydrogens is 136 g/mol. The lowest BCUT2D eigenvalue weighted by atomic mass is 10.4. The van der Waals surface area contributed by atoms with Gasteiger partial charge in [-0.25, -0.2) is 8.97 Å². The fraction of sp³-hybridized carbons (Fsp3) is 0.222. The molecule has 0 bridgehead atoms. The van der Waals surface area contributed by atoms with Crippen molar-refractivity contribution in [2.24, 2.45) is 0 Å². The van der Waals surface area contributed by atoms with Crippen LogP contribution < -0.4 is 4.57 Å². The summed E-state index contributed by atoms with van der Waals surface area (Å²) < 4.78 is 4.28. The summed E-state index contributed by atoms with van der Waals surface area (Å²) in [6, 6.07) is 6.19. The normalized spacial score (nSPS) is 10.6. The first-order valence-electron chi connectivity index (χ1n) is 3.86. The molecule has 0 unspecified atom stereocenters. The molecule has 11 heavy (non-hydrogen) atoms. The van der Waals surface area contributed by atoms with Gasteiger partial charge in [-0.3, -0.25) is 0 Å². The van der Waals surface area contributed by atoms with E-state index in [-0.39, 0.29) is 0 Å². The Morgan fingerprint density at radius 1 is 1.45 bits per heavy atom. The molecular formula is C9H11N2+. The third-order valence-electron chi connectivity index (χ3n) is 1.86. The van der Waals surface area contributed by atoms with Gasteiger partial charge in [0.15, 0.2) is 5.52 Å². The molecule has 56 valence electrons. The average Bonchev–Trinajstić information content (AvgIpc) is 2.46. The molecule has 2 heterocycles. The first-order valence-corrected chi connectivity index (χ1v) is 3.86. The minimum absolute atomic E-state index is 1.03. The summed E-state index contributed by atoms with van der Waals surface area (Å²) in [6.45, 7) is 3.17. The zero-order valence-electron chi connectivity index (χ0n) is 6.57. The first kappa shape index (κ1) is 6.40. The van der Waals surface area contributed by atoms with E-state index < -0.39 is 0 Å². The third-order valence-corrected chi connectivity index (χ3v) is 1.86. The number of imidazole rings is 1. The van der Waals surface area contributed by atoms with Gasteiger partial charge >= 0.3 is 0 Å². The Labute approximate surface area is 65.7 Å². The highest BCUT2D eigenvalue weighted by atomic mass is 15.1. The summed E-state index contributed by atoms with van der Waals surface area (Å²) in [7, 11) is 0. The van der Waals surface area contributed by atoms with Crippen LogP contribution in [-0.4, -0.2) is 4.40 Å². The highest BCUT2D eigenvalue weighted by Gasteiger charge is 2.01. The lowest BCUT2D eigenvalue weighted by molar-refractivity contribution is -0.692. The molecule has 0 aliphatic heterocycles. The van der Waals surface area contributed by atoms with Crippen LogP contribution in [-0.2, 0) is 6.54 Å². The van der Waals surface area contributed by atoms with Gasteiger partial charge in [0, 0.05) is 0 Å². The molecule has 0 saturated carbocycles. The van der Waals surface area contributed by atoms with Crippen LogP contribution in [0.4, 0.5) is 0 Å². The van der Waals surface area contributed by atoms with E-state index in [0.717, 1.165) is 6.54 Å². The number of fused-ring (bicyclic) bond motifs is 1. The van der Waals surface area contributed by atoms with E-state index in [1.165, 1.54) is 5.52 Å². The van der Waals surface area contributed by atoms with Crippen molar-refractivity contribution in [3.63, 3.8) is 0 Å². The molecule has 0 aromatic carbocycles. The minimum atomic E-state index is 1.03. The Bertz CT molecular complexity index is 329. The Hall–Kier alpha value is -1.31. The molecule has 2 aromatic rings. The molecule has 2 aromatic heterocycles. The highest BCUT2D eigenvalue weighted by Crippen LogP contribution is 1.97. The van der Waals surface area contributed by atoms with Gasteiger partial charge in [0.2, 0.25) is 6.33 Å². The topological polar surface area (TPSA) is 8.29 Å². The van der Waals surface area contributed by atoms with Gasteiger partial charge in [-0.2, -0.15) is 0 Å². The standard InChI is InChI=1S/C9H11N2/c1-2-10-7-9-5-3-4-6-11(9)8-10/h3-8H,2H2,1H3/q+1. The summed E-state index contributed by atoms with van der Waals surface area (Å²) in [6.07, 6.45) is 6.29. The Morgan fingerprint density at radius 3 is 3.09 bits per heavy atom. The minimum Gasteiger partial charge on any atom is -0.236 e. The van der Waals surface area contributed by atoms with Crippen molar-refractivity contribution in [2.45, 2.75) is 13.5 Å². The number of rotatable bonds is 1. The second-order valence-electron chi connectivity index (χ2n) is 2.61. The van der Waals surface area contributed by atoms with Crippen LogP contribution in [0.2, 0.25) is 0 Å². The number of hydrogen-bond acceptors (Lipinski definition) is 0. The fourth-order valence-corrected chi connectivity index (χ4v) is 1.22.